The molecule has 3 aromatic rings. The Kier molecular flexibility index (Phi) is 4.53. The Balaban J connectivity index is 1.52. The first kappa shape index (κ1) is 21.7. The summed E-state index contributed by atoms with van der Waals surface area (Å²) in [4.78, 5) is 51.2. The van der Waals surface area contributed by atoms with Crippen LogP contribution in [-0.2, 0) is 18.7 Å². The van der Waals surface area contributed by atoms with E-state index in [4.69, 9.17) is 4.74 Å². The second-order valence-electron chi connectivity index (χ2n) is 8.88. The first-order valence-corrected chi connectivity index (χ1v) is 11.8. The van der Waals surface area contributed by atoms with Gasteiger partial charge in [0.2, 0.25) is 17.6 Å². The Morgan fingerprint density at radius 1 is 1.00 bits per heavy atom. The summed E-state index contributed by atoms with van der Waals surface area (Å²) in [5.74, 6) is -3.51. The molecule has 174 valence electrons. The topological polar surface area (TPSA) is 107 Å². The van der Waals surface area contributed by atoms with Gasteiger partial charge in [-0.05, 0) is 34.4 Å². The maximum atomic E-state index is 13.9. The molecule has 0 unspecified atom stereocenters. The number of benzene rings is 3. The summed E-state index contributed by atoms with van der Waals surface area (Å²) in [5, 5.41) is 11.7. The number of anilines is 1. The summed E-state index contributed by atoms with van der Waals surface area (Å²) < 4.78 is 4.03. The largest absolute Gasteiger partial charge is 0.419 e. The molecule has 0 spiro atoms. The molecule has 4 aliphatic rings. The van der Waals surface area contributed by atoms with E-state index in [0.717, 1.165) is 40.1 Å². The standard InChI is InChI=1S/C26H17BrN2O6/c1-13(30)35-20-11-10-14(12-19(20)29(33)34)28-24(31)22-21-15-6-2-4-8-17(15)26(27,23(22)25(28)32)18-9-5-3-7-16(18)21/h2-12,21-23H,1H3/t21?,22-,23-,26?/m1/s1. The number of carbonyl (C=O) groups excluding carboxylic acids is 3. The molecule has 0 N–H and O–H groups in total. The molecule has 2 atom stereocenters. The van der Waals surface area contributed by atoms with Crippen LogP contribution in [0.3, 0.4) is 0 Å². The lowest BCUT2D eigenvalue weighted by Gasteiger charge is -2.51. The van der Waals surface area contributed by atoms with Gasteiger partial charge in [-0.2, -0.15) is 0 Å². The summed E-state index contributed by atoms with van der Waals surface area (Å²) in [6, 6.07) is 19.3. The average Bonchev–Trinajstić information content (AvgIpc) is 3.11. The predicted molar refractivity (Wildman–Crippen MR) is 128 cm³/mol. The molecular formula is C26H17BrN2O6. The van der Waals surface area contributed by atoms with Gasteiger partial charge in [-0.15, -0.1) is 0 Å². The van der Waals surface area contributed by atoms with E-state index in [1.54, 1.807) is 0 Å². The van der Waals surface area contributed by atoms with Crippen LogP contribution in [0, 0.1) is 22.0 Å². The molecule has 35 heavy (non-hydrogen) atoms. The molecule has 0 saturated carbocycles. The van der Waals surface area contributed by atoms with Crippen molar-refractivity contribution in [2.24, 2.45) is 11.8 Å². The minimum atomic E-state index is -0.912. The van der Waals surface area contributed by atoms with E-state index in [0.29, 0.717) is 0 Å². The molecule has 1 aliphatic heterocycles. The van der Waals surface area contributed by atoms with Gasteiger partial charge in [0, 0.05) is 18.9 Å². The monoisotopic (exact) mass is 532 g/mol. The van der Waals surface area contributed by atoms with E-state index < -0.39 is 44.6 Å². The number of rotatable bonds is 3. The highest BCUT2D eigenvalue weighted by molar-refractivity contribution is 9.09. The van der Waals surface area contributed by atoms with E-state index in [9.17, 15) is 24.5 Å². The molecule has 3 aliphatic carbocycles. The van der Waals surface area contributed by atoms with Crippen LogP contribution in [0.5, 0.6) is 5.75 Å². The fourth-order valence-corrected chi connectivity index (χ4v) is 7.17. The first-order chi connectivity index (χ1) is 16.7. The summed E-state index contributed by atoms with van der Waals surface area (Å²) in [6.07, 6.45) is 0. The van der Waals surface area contributed by atoms with Gasteiger partial charge < -0.3 is 4.74 Å². The zero-order valence-electron chi connectivity index (χ0n) is 18.3. The number of imide groups is 1. The van der Waals surface area contributed by atoms with Crippen molar-refractivity contribution < 1.29 is 24.0 Å². The van der Waals surface area contributed by atoms with Crippen LogP contribution in [0.4, 0.5) is 11.4 Å². The van der Waals surface area contributed by atoms with E-state index >= 15 is 0 Å². The SMILES string of the molecule is CC(=O)Oc1ccc(N2C(=O)[C@@H]3C4c5ccccc5C(Br)(c5ccccc54)[C@H]3C2=O)cc1[N+](=O)[O-]. The second-order valence-corrected chi connectivity index (χ2v) is 10.1. The van der Waals surface area contributed by atoms with Crippen LogP contribution >= 0.6 is 15.9 Å². The second kappa shape index (κ2) is 7.32. The number of hydrogen-bond donors (Lipinski definition) is 0. The number of nitro groups is 1. The van der Waals surface area contributed by atoms with Crippen LogP contribution in [0.1, 0.15) is 35.1 Å². The Morgan fingerprint density at radius 2 is 1.60 bits per heavy atom. The van der Waals surface area contributed by atoms with E-state index in [1.807, 2.05) is 48.5 Å². The number of ether oxygens (including phenoxy) is 1. The Hall–Kier alpha value is -3.85. The van der Waals surface area contributed by atoms with Crippen LogP contribution in [-0.4, -0.2) is 22.7 Å². The van der Waals surface area contributed by atoms with Crippen LogP contribution in [0.15, 0.2) is 66.7 Å². The molecule has 8 nitrogen and oxygen atoms in total. The highest BCUT2D eigenvalue weighted by Crippen LogP contribution is 2.66. The fourth-order valence-electron chi connectivity index (χ4n) is 5.96. The van der Waals surface area contributed by atoms with Crippen molar-refractivity contribution >= 4 is 45.1 Å². The van der Waals surface area contributed by atoms with Crippen molar-refractivity contribution in [3.63, 3.8) is 0 Å². The maximum absolute atomic E-state index is 13.9. The van der Waals surface area contributed by atoms with Gasteiger partial charge in [0.1, 0.15) is 0 Å². The Bertz CT molecular complexity index is 1440. The molecule has 3 aromatic carbocycles. The first-order valence-electron chi connectivity index (χ1n) is 11.0. The van der Waals surface area contributed by atoms with E-state index in [2.05, 4.69) is 15.9 Å². The number of nitro benzene ring substituents is 1. The molecule has 1 fully saturated rings. The van der Waals surface area contributed by atoms with Gasteiger partial charge in [-0.1, -0.05) is 64.5 Å². The van der Waals surface area contributed by atoms with Crippen molar-refractivity contribution in [1.82, 2.24) is 0 Å². The fraction of sp³-hybridized carbons (Fsp3) is 0.192. The van der Waals surface area contributed by atoms with Gasteiger partial charge >= 0.3 is 11.7 Å². The minimum Gasteiger partial charge on any atom is -0.419 e. The van der Waals surface area contributed by atoms with Gasteiger partial charge in [0.25, 0.3) is 0 Å². The summed E-state index contributed by atoms with van der Waals surface area (Å²) in [5.41, 5.74) is 3.44. The van der Waals surface area contributed by atoms with E-state index in [1.165, 1.54) is 12.1 Å². The van der Waals surface area contributed by atoms with Crippen molar-refractivity contribution in [3.8, 4) is 5.75 Å². The zero-order chi connectivity index (χ0) is 24.6. The van der Waals surface area contributed by atoms with Crippen LogP contribution in [0.25, 0.3) is 0 Å². The van der Waals surface area contributed by atoms with Gasteiger partial charge in [-0.25, -0.2) is 4.90 Å². The minimum absolute atomic E-state index is 0.0700. The molecule has 1 saturated heterocycles. The Labute approximate surface area is 207 Å². The maximum Gasteiger partial charge on any atom is 0.313 e. The number of esters is 1. The lowest BCUT2D eigenvalue weighted by molar-refractivity contribution is -0.385. The van der Waals surface area contributed by atoms with Crippen molar-refractivity contribution in [2.45, 2.75) is 17.2 Å². The van der Waals surface area contributed by atoms with Gasteiger partial charge in [0.15, 0.2) is 0 Å². The molecule has 7 rings (SSSR count). The highest BCUT2D eigenvalue weighted by Gasteiger charge is 2.67. The number of amides is 2. The molecule has 2 amide bonds. The number of carbonyl (C=O) groups is 3. The number of alkyl halides is 1. The van der Waals surface area contributed by atoms with Gasteiger partial charge in [0.05, 0.1) is 26.8 Å². The number of halogens is 1. The third kappa shape index (κ3) is 2.75. The van der Waals surface area contributed by atoms with Crippen molar-refractivity contribution in [1.29, 1.82) is 0 Å². The van der Waals surface area contributed by atoms with Crippen molar-refractivity contribution in [3.05, 3.63) is 99.1 Å². The molecule has 9 heteroatoms. The third-order valence-corrected chi connectivity index (χ3v) is 8.51. The lowest BCUT2D eigenvalue weighted by atomic mass is 9.55. The smallest absolute Gasteiger partial charge is 0.313 e. The van der Waals surface area contributed by atoms with E-state index in [-0.39, 0.29) is 17.4 Å². The summed E-state index contributed by atoms with van der Waals surface area (Å²) >= 11 is 3.92. The number of nitrogens with zero attached hydrogens (tertiary/aromatic N) is 2. The molecule has 2 bridgehead atoms. The molecule has 0 radical (unpaired) electrons. The summed E-state index contributed by atoms with van der Waals surface area (Å²) in [6.45, 7) is 1.14. The highest BCUT2D eigenvalue weighted by atomic mass is 79.9. The average molecular weight is 533 g/mol. The lowest BCUT2D eigenvalue weighted by Crippen LogP contribution is -2.50. The Morgan fingerprint density at radius 3 is 2.17 bits per heavy atom. The number of hydrogen-bond acceptors (Lipinski definition) is 6. The quantitative estimate of drug-likeness (QED) is 0.123. The van der Waals surface area contributed by atoms with Crippen LogP contribution in [0.2, 0.25) is 0 Å². The van der Waals surface area contributed by atoms with Crippen molar-refractivity contribution in [2.75, 3.05) is 4.90 Å². The summed E-state index contributed by atoms with van der Waals surface area (Å²) in [7, 11) is 0. The normalized spacial score (nSPS) is 25.7. The molecule has 1 heterocycles. The van der Waals surface area contributed by atoms with Crippen LogP contribution < -0.4 is 9.64 Å². The molecule has 0 aromatic heterocycles. The predicted octanol–water partition coefficient (Wildman–Crippen LogP) is 4.42. The zero-order valence-corrected chi connectivity index (χ0v) is 19.9. The molecular weight excluding hydrogens is 516 g/mol. The third-order valence-electron chi connectivity index (χ3n) is 7.17. The van der Waals surface area contributed by atoms with Gasteiger partial charge in [-0.3, -0.25) is 24.5 Å².